The van der Waals surface area contributed by atoms with E-state index in [1.54, 1.807) is 0 Å². The highest BCUT2D eigenvalue weighted by Gasteiger charge is 2.19. The van der Waals surface area contributed by atoms with E-state index in [-0.39, 0.29) is 44.0 Å². The van der Waals surface area contributed by atoms with Crippen molar-refractivity contribution in [3.8, 4) is 0 Å². The van der Waals surface area contributed by atoms with Crippen LogP contribution in [0.5, 0.6) is 0 Å². The highest BCUT2D eigenvalue weighted by Crippen LogP contribution is 2.13. The molecule has 0 radical (unpaired) electrons. The van der Waals surface area contributed by atoms with Crippen molar-refractivity contribution >= 4 is 17.9 Å². The molecule has 0 aliphatic heterocycles. The number of hydrogen-bond donors (Lipinski definition) is 0. The summed E-state index contributed by atoms with van der Waals surface area (Å²) < 4.78 is 16.6. The van der Waals surface area contributed by atoms with Gasteiger partial charge in [-0.2, -0.15) is 0 Å². The second-order valence-corrected chi connectivity index (χ2v) is 16.4. The van der Waals surface area contributed by atoms with Crippen LogP contribution in [0, 0.1) is 0 Å². The quantitative estimate of drug-likeness (QED) is 0.0263. The molecule has 0 aliphatic rings. The van der Waals surface area contributed by atoms with Crippen LogP contribution in [0.15, 0.2) is 60.8 Å². The summed E-state index contributed by atoms with van der Waals surface area (Å²) in [4.78, 5) is 37.8. The van der Waals surface area contributed by atoms with Crippen molar-refractivity contribution in [2.75, 3.05) is 13.2 Å². The Kier molecular flexibility index (Phi) is 45.4. The van der Waals surface area contributed by atoms with Gasteiger partial charge in [0.1, 0.15) is 13.2 Å². The molecule has 0 amide bonds. The maximum atomic E-state index is 12.7. The van der Waals surface area contributed by atoms with E-state index >= 15 is 0 Å². The van der Waals surface area contributed by atoms with Crippen LogP contribution in [-0.4, -0.2) is 37.2 Å². The van der Waals surface area contributed by atoms with Crippen LogP contribution in [-0.2, 0) is 28.6 Å². The first-order valence-corrected chi connectivity index (χ1v) is 24.8. The highest BCUT2D eigenvalue weighted by molar-refractivity contribution is 5.71. The van der Waals surface area contributed by atoms with Gasteiger partial charge in [-0.25, -0.2) is 0 Å². The lowest BCUT2D eigenvalue weighted by Crippen LogP contribution is -2.30. The Morgan fingerprint density at radius 2 is 0.661 bits per heavy atom. The van der Waals surface area contributed by atoms with E-state index in [1.807, 2.05) is 6.08 Å². The lowest BCUT2D eigenvalue weighted by atomic mass is 10.1. The molecule has 0 spiro atoms. The molecule has 0 saturated heterocycles. The Morgan fingerprint density at radius 3 is 1.08 bits per heavy atom. The molecule has 0 aromatic rings. The summed E-state index contributed by atoms with van der Waals surface area (Å²) in [6.07, 6.45) is 57.9. The van der Waals surface area contributed by atoms with Gasteiger partial charge >= 0.3 is 17.9 Å². The molecular formula is C53H92O6. The van der Waals surface area contributed by atoms with Crippen molar-refractivity contribution in [1.29, 1.82) is 0 Å². The van der Waals surface area contributed by atoms with Crippen molar-refractivity contribution < 1.29 is 28.6 Å². The zero-order chi connectivity index (χ0) is 43.0. The first-order valence-electron chi connectivity index (χ1n) is 24.8. The van der Waals surface area contributed by atoms with Gasteiger partial charge < -0.3 is 14.2 Å². The lowest BCUT2D eigenvalue weighted by Gasteiger charge is -2.18. The molecule has 0 fully saturated rings. The molecule has 0 aliphatic carbocycles. The maximum absolute atomic E-state index is 12.7. The topological polar surface area (TPSA) is 78.9 Å². The Bertz CT molecular complexity index is 1090. The minimum atomic E-state index is -0.821. The molecule has 0 rings (SSSR count). The second-order valence-electron chi connectivity index (χ2n) is 16.4. The molecule has 0 heterocycles. The van der Waals surface area contributed by atoms with Gasteiger partial charge in [0.2, 0.25) is 0 Å². The number of carbonyl (C=O) groups excluding carboxylic acids is 3. The van der Waals surface area contributed by atoms with E-state index in [0.717, 1.165) is 51.4 Å². The third kappa shape index (κ3) is 46.0. The van der Waals surface area contributed by atoms with Crippen LogP contribution in [0.2, 0.25) is 0 Å². The number of esters is 3. The summed E-state index contributed by atoms with van der Waals surface area (Å²) in [6.45, 7) is 6.52. The highest BCUT2D eigenvalue weighted by atomic mass is 16.6. The van der Waals surface area contributed by atoms with Crippen molar-refractivity contribution in [2.24, 2.45) is 0 Å². The third-order valence-electron chi connectivity index (χ3n) is 10.5. The Hall–Kier alpha value is -2.89. The Labute approximate surface area is 364 Å². The van der Waals surface area contributed by atoms with Gasteiger partial charge in [0.15, 0.2) is 6.10 Å². The van der Waals surface area contributed by atoms with Crippen LogP contribution in [0.25, 0.3) is 0 Å². The average Bonchev–Trinajstić information content (AvgIpc) is 3.23. The van der Waals surface area contributed by atoms with E-state index in [2.05, 4.69) is 75.5 Å². The van der Waals surface area contributed by atoms with E-state index < -0.39 is 6.10 Å². The van der Waals surface area contributed by atoms with Gasteiger partial charge in [-0.3, -0.25) is 14.4 Å². The second kappa shape index (κ2) is 47.8. The molecular weight excluding hydrogens is 733 g/mol. The zero-order valence-electron chi connectivity index (χ0n) is 38.8. The third-order valence-corrected chi connectivity index (χ3v) is 10.5. The van der Waals surface area contributed by atoms with Crippen molar-refractivity contribution in [2.45, 2.75) is 245 Å². The molecule has 59 heavy (non-hydrogen) atoms. The number of allylic oxidation sites excluding steroid dienone is 10. The SMILES string of the molecule is CCCCCCCC/C=C\C/C=C\C/C=C\CCCC(=O)OCC(COC(=O)CCCCCCCCCCCCC)OC(=O)CC/C=C\C/C=C\CCCCCCCC. The van der Waals surface area contributed by atoms with E-state index in [4.69, 9.17) is 14.2 Å². The van der Waals surface area contributed by atoms with Crippen LogP contribution in [0.4, 0.5) is 0 Å². The summed E-state index contributed by atoms with van der Waals surface area (Å²) in [5.41, 5.74) is 0. The number of unbranched alkanes of at least 4 members (excludes halogenated alkanes) is 23. The predicted octanol–water partition coefficient (Wildman–Crippen LogP) is 16.1. The largest absolute Gasteiger partial charge is 0.462 e. The first kappa shape index (κ1) is 56.1. The summed E-state index contributed by atoms with van der Waals surface area (Å²) in [5.74, 6) is -1.03. The monoisotopic (exact) mass is 825 g/mol. The fourth-order valence-corrected chi connectivity index (χ4v) is 6.75. The molecule has 0 aromatic heterocycles. The van der Waals surface area contributed by atoms with Gasteiger partial charge in [0.25, 0.3) is 0 Å². The maximum Gasteiger partial charge on any atom is 0.306 e. The number of rotatable bonds is 44. The molecule has 6 heteroatoms. The predicted molar refractivity (Wildman–Crippen MR) is 251 cm³/mol. The molecule has 6 nitrogen and oxygen atoms in total. The first-order chi connectivity index (χ1) is 29.0. The molecule has 340 valence electrons. The van der Waals surface area contributed by atoms with Gasteiger partial charge in [-0.05, 0) is 70.6 Å². The zero-order valence-corrected chi connectivity index (χ0v) is 38.8. The fourth-order valence-electron chi connectivity index (χ4n) is 6.75. The molecule has 0 aromatic carbocycles. The minimum Gasteiger partial charge on any atom is -0.462 e. The summed E-state index contributed by atoms with van der Waals surface area (Å²) in [6, 6.07) is 0. The molecule has 0 saturated carbocycles. The number of ether oxygens (including phenoxy) is 3. The van der Waals surface area contributed by atoms with Gasteiger partial charge in [-0.1, -0.05) is 210 Å². The molecule has 1 atom stereocenters. The van der Waals surface area contributed by atoms with Crippen molar-refractivity contribution in [1.82, 2.24) is 0 Å². The molecule has 1 unspecified atom stereocenters. The molecule has 0 N–H and O–H groups in total. The average molecular weight is 825 g/mol. The normalized spacial score (nSPS) is 12.5. The number of hydrogen-bond acceptors (Lipinski definition) is 6. The van der Waals surface area contributed by atoms with Crippen LogP contribution >= 0.6 is 0 Å². The number of carbonyl (C=O) groups is 3. The van der Waals surface area contributed by atoms with Gasteiger partial charge in [-0.15, -0.1) is 0 Å². The minimum absolute atomic E-state index is 0.111. The summed E-state index contributed by atoms with van der Waals surface area (Å²) in [7, 11) is 0. The molecule has 0 bridgehead atoms. The Morgan fingerprint density at radius 1 is 0.339 bits per heavy atom. The summed E-state index contributed by atoms with van der Waals surface area (Å²) >= 11 is 0. The van der Waals surface area contributed by atoms with Crippen LogP contribution in [0.3, 0.4) is 0 Å². The summed E-state index contributed by atoms with van der Waals surface area (Å²) in [5, 5.41) is 0. The van der Waals surface area contributed by atoms with Crippen LogP contribution < -0.4 is 0 Å². The van der Waals surface area contributed by atoms with Gasteiger partial charge in [0, 0.05) is 19.3 Å². The van der Waals surface area contributed by atoms with E-state index in [9.17, 15) is 14.4 Å². The lowest BCUT2D eigenvalue weighted by molar-refractivity contribution is -0.166. The van der Waals surface area contributed by atoms with Crippen molar-refractivity contribution in [3.63, 3.8) is 0 Å². The van der Waals surface area contributed by atoms with Crippen LogP contribution in [0.1, 0.15) is 239 Å². The fraction of sp³-hybridized carbons (Fsp3) is 0.755. The van der Waals surface area contributed by atoms with E-state index in [1.165, 1.54) is 135 Å². The van der Waals surface area contributed by atoms with Crippen molar-refractivity contribution in [3.05, 3.63) is 60.8 Å². The standard InChI is InChI=1S/C53H92O6/c1-4-7-10-13-16-19-22-24-25-26-27-29-31-34-37-40-43-46-52(55)58-49-50(48-57-51(54)45-42-39-36-33-30-21-18-15-12-9-6-3)59-53(56)47-44-41-38-35-32-28-23-20-17-14-11-8-5-2/h24-25,27-29,32,34,37-38,41,50H,4-23,26,30-31,33,35-36,39-40,42-49H2,1-3H3/b25-24-,29-27-,32-28-,37-34-,41-38-. The smallest absolute Gasteiger partial charge is 0.306 e. The van der Waals surface area contributed by atoms with Gasteiger partial charge in [0.05, 0.1) is 0 Å². The van der Waals surface area contributed by atoms with E-state index in [0.29, 0.717) is 19.3 Å². The Balaban J connectivity index is 4.50.